The number of carbonyl (C=O) groups excluding carboxylic acids is 2. The van der Waals surface area contributed by atoms with E-state index in [0.29, 0.717) is 29.0 Å². The number of ketones is 1. The SMILES string of the molecule is CC(C)=CC1C2=CC(=O)C3C4CC(C)(C)CCC4CC[C@@]3(C)[C@@H]2CCC1C(C)C=O. The largest absolute Gasteiger partial charge is 0.303 e. The van der Waals surface area contributed by atoms with Gasteiger partial charge in [-0.15, -0.1) is 0 Å². The van der Waals surface area contributed by atoms with Crippen molar-refractivity contribution in [3.8, 4) is 0 Å². The van der Waals surface area contributed by atoms with E-state index < -0.39 is 0 Å². The maximum atomic E-state index is 13.8. The summed E-state index contributed by atoms with van der Waals surface area (Å²) in [4.78, 5) is 25.4. The van der Waals surface area contributed by atoms with Crippen molar-refractivity contribution in [2.24, 2.45) is 52.3 Å². The van der Waals surface area contributed by atoms with Gasteiger partial charge in [-0.25, -0.2) is 0 Å². The van der Waals surface area contributed by atoms with E-state index in [-0.39, 0.29) is 23.2 Å². The lowest BCUT2D eigenvalue weighted by Crippen LogP contribution is -2.55. The number of allylic oxidation sites excluding steroid dienone is 4. The number of hydrogen-bond donors (Lipinski definition) is 0. The number of rotatable bonds is 3. The zero-order chi connectivity index (χ0) is 21.8. The molecule has 0 bridgehead atoms. The topological polar surface area (TPSA) is 34.1 Å². The van der Waals surface area contributed by atoms with E-state index in [9.17, 15) is 9.59 Å². The molecule has 0 aliphatic heterocycles. The van der Waals surface area contributed by atoms with Crippen LogP contribution in [0.4, 0.5) is 0 Å². The highest BCUT2D eigenvalue weighted by Gasteiger charge is 2.58. The first-order valence-corrected chi connectivity index (χ1v) is 12.4. The highest BCUT2D eigenvalue weighted by molar-refractivity contribution is 5.95. The Labute approximate surface area is 184 Å². The summed E-state index contributed by atoms with van der Waals surface area (Å²) in [5, 5.41) is 0. The fourth-order valence-electron chi connectivity index (χ4n) is 8.13. The molecule has 0 saturated heterocycles. The van der Waals surface area contributed by atoms with Crippen LogP contribution in [0.5, 0.6) is 0 Å². The van der Waals surface area contributed by atoms with Gasteiger partial charge in [0.05, 0.1) is 0 Å². The van der Waals surface area contributed by atoms with Crippen LogP contribution in [0.2, 0.25) is 0 Å². The lowest BCUT2D eigenvalue weighted by molar-refractivity contribution is -0.140. The summed E-state index contributed by atoms with van der Waals surface area (Å²) in [6, 6.07) is 0. The van der Waals surface area contributed by atoms with Gasteiger partial charge in [0.1, 0.15) is 6.29 Å². The van der Waals surface area contributed by atoms with Gasteiger partial charge in [-0.2, -0.15) is 0 Å². The smallest absolute Gasteiger partial charge is 0.159 e. The summed E-state index contributed by atoms with van der Waals surface area (Å²) < 4.78 is 0. The molecule has 6 unspecified atom stereocenters. The molecule has 3 fully saturated rings. The van der Waals surface area contributed by atoms with E-state index in [1.54, 1.807) is 0 Å². The van der Waals surface area contributed by atoms with Gasteiger partial charge >= 0.3 is 0 Å². The van der Waals surface area contributed by atoms with Crippen LogP contribution >= 0.6 is 0 Å². The standard InChI is InChI=1S/C28H42O2/c1-17(2)13-21-20(18(3)16-29)7-8-24-22(21)14-25(30)26-23-15-27(4,5)11-9-19(23)10-12-28(24,26)6/h13-14,16,18-21,23-24,26H,7-12,15H2,1-6H3/t18?,19?,20?,21?,23?,24-,26?,28+/m1/s1. The van der Waals surface area contributed by atoms with Crippen LogP contribution in [0.15, 0.2) is 23.3 Å². The summed E-state index contributed by atoms with van der Waals surface area (Å²) in [5.74, 6) is 3.04. The lowest BCUT2D eigenvalue weighted by atomic mass is 9.44. The van der Waals surface area contributed by atoms with E-state index in [1.165, 1.54) is 43.3 Å². The molecule has 2 nitrogen and oxygen atoms in total. The molecule has 2 heteroatoms. The van der Waals surface area contributed by atoms with E-state index in [4.69, 9.17) is 0 Å². The average Bonchev–Trinajstić information content (AvgIpc) is 2.66. The van der Waals surface area contributed by atoms with E-state index in [1.807, 2.05) is 0 Å². The van der Waals surface area contributed by atoms with Crippen molar-refractivity contribution in [1.82, 2.24) is 0 Å². The van der Waals surface area contributed by atoms with Crippen molar-refractivity contribution in [3.63, 3.8) is 0 Å². The second-order valence-electron chi connectivity index (χ2n) is 12.5. The second kappa shape index (κ2) is 7.75. The van der Waals surface area contributed by atoms with Crippen molar-refractivity contribution in [2.75, 3.05) is 0 Å². The third-order valence-corrected chi connectivity index (χ3v) is 9.63. The molecule has 0 spiro atoms. The third-order valence-electron chi connectivity index (χ3n) is 9.63. The molecule has 8 atom stereocenters. The normalized spacial score (nSPS) is 43.4. The molecule has 166 valence electrons. The van der Waals surface area contributed by atoms with Crippen LogP contribution in [0.1, 0.15) is 86.5 Å². The van der Waals surface area contributed by atoms with Crippen LogP contribution < -0.4 is 0 Å². The Morgan fingerprint density at radius 3 is 2.47 bits per heavy atom. The summed E-state index contributed by atoms with van der Waals surface area (Å²) in [5.41, 5.74) is 3.12. The first-order chi connectivity index (χ1) is 14.1. The Hall–Kier alpha value is -1.18. The summed E-state index contributed by atoms with van der Waals surface area (Å²) in [6.45, 7) is 13.6. The predicted molar refractivity (Wildman–Crippen MR) is 123 cm³/mol. The van der Waals surface area contributed by atoms with Crippen molar-refractivity contribution in [3.05, 3.63) is 23.3 Å². The third kappa shape index (κ3) is 3.56. The van der Waals surface area contributed by atoms with Gasteiger partial charge in [-0.05, 0) is 99.4 Å². The van der Waals surface area contributed by atoms with Crippen LogP contribution in [-0.2, 0) is 9.59 Å². The Bertz CT molecular complexity index is 768. The predicted octanol–water partition coefficient (Wildman–Crippen LogP) is 6.80. The number of aldehydes is 1. The summed E-state index contributed by atoms with van der Waals surface area (Å²) >= 11 is 0. The van der Waals surface area contributed by atoms with Gasteiger partial charge in [0.2, 0.25) is 0 Å². The molecule has 0 aromatic rings. The summed E-state index contributed by atoms with van der Waals surface area (Å²) in [7, 11) is 0. The summed E-state index contributed by atoms with van der Waals surface area (Å²) in [6.07, 6.45) is 14.1. The zero-order valence-corrected chi connectivity index (χ0v) is 20.0. The zero-order valence-electron chi connectivity index (χ0n) is 20.0. The fourth-order valence-corrected chi connectivity index (χ4v) is 8.13. The fraction of sp³-hybridized carbons (Fsp3) is 0.786. The van der Waals surface area contributed by atoms with Crippen LogP contribution in [-0.4, -0.2) is 12.1 Å². The van der Waals surface area contributed by atoms with Crippen LogP contribution in [0, 0.1) is 52.3 Å². The second-order valence-corrected chi connectivity index (χ2v) is 12.5. The highest BCUT2D eigenvalue weighted by Crippen LogP contribution is 2.64. The minimum Gasteiger partial charge on any atom is -0.303 e. The van der Waals surface area contributed by atoms with Gasteiger partial charge in [0.15, 0.2) is 5.78 Å². The Morgan fingerprint density at radius 1 is 1.10 bits per heavy atom. The highest BCUT2D eigenvalue weighted by atomic mass is 16.1. The molecular weight excluding hydrogens is 368 g/mol. The quantitative estimate of drug-likeness (QED) is 0.379. The number of fused-ring (bicyclic) bond motifs is 5. The minimum atomic E-state index is 0.0444. The monoisotopic (exact) mass is 410 g/mol. The van der Waals surface area contributed by atoms with Crippen molar-refractivity contribution in [1.29, 1.82) is 0 Å². The van der Waals surface area contributed by atoms with E-state index in [2.05, 4.69) is 53.7 Å². The molecule has 0 heterocycles. The molecule has 4 rings (SSSR count). The Balaban J connectivity index is 1.75. The molecule has 0 aromatic heterocycles. The maximum absolute atomic E-state index is 13.8. The van der Waals surface area contributed by atoms with E-state index >= 15 is 0 Å². The van der Waals surface area contributed by atoms with Gasteiger partial charge in [-0.1, -0.05) is 44.9 Å². The molecule has 0 N–H and O–H groups in total. The molecule has 30 heavy (non-hydrogen) atoms. The van der Waals surface area contributed by atoms with Gasteiger partial charge in [0.25, 0.3) is 0 Å². The van der Waals surface area contributed by atoms with Crippen LogP contribution in [0.3, 0.4) is 0 Å². The van der Waals surface area contributed by atoms with Crippen molar-refractivity contribution < 1.29 is 9.59 Å². The maximum Gasteiger partial charge on any atom is 0.159 e. The molecular formula is C28H42O2. The van der Waals surface area contributed by atoms with Crippen LogP contribution in [0.25, 0.3) is 0 Å². The Morgan fingerprint density at radius 2 is 1.80 bits per heavy atom. The van der Waals surface area contributed by atoms with Crippen molar-refractivity contribution in [2.45, 2.75) is 86.5 Å². The molecule has 0 aromatic carbocycles. The molecule has 4 aliphatic rings. The minimum absolute atomic E-state index is 0.0444. The Kier molecular flexibility index (Phi) is 5.69. The first-order valence-electron chi connectivity index (χ1n) is 12.4. The van der Waals surface area contributed by atoms with Gasteiger partial charge < -0.3 is 4.79 Å². The van der Waals surface area contributed by atoms with E-state index in [0.717, 1.165) is 25.0 Å². The molecule has 3 saturated carbocycles. The lowest BCUT2D eigenvalue weighted by Gasteiger charge is -2.60. The van der Waals surface area contributed by atoms with Gasteiger partial charge in [0, 0.05) is 17.8 Å². The number of carbonyl (C=O) groups is 2. The molecule has 0 amide bonds. The molecule has 4 aliphatic carbocycles. The first kappa shape index (κ1) is 22.0. The number of hydrogen-bond acceptors (Lipinski definition) is 2. The average molecular weight is 411 g/mol. The van der Waals surface area contributed by atoms with Gasteiger partial charge in [-0.3, -0.25) is 4.79 Å². The molecule has 0 radical (unpaired) electrons. The van der Waals surface area contributed by atoms with Crippen molar-refractivity contribution >= 4 is 12.1 Å².